The van der Waals surface area contributed by atoms with Gasteiger partial charge in [-0.3, -0.25) is 37.3 Å². The Bertz CT molecular complexity index is 1600. The van der Waals surface area contributed by atoms with Gasteiger partial charge in [0.2, 0.25) is 0 Å². The third kappa shape index (κ3) is 56.9. The molecule has 0 aliphatic carbocycles. The minimum absolute atomic E-state index is 0.102. The van der Waals surface area contributed by atoms with E-state index in [1.807, 2.05) is 0 Å². The minimum atomic E-state index is -4.94. The first kappa shape index (κ1) is 79.1. The lowest BCUT2D eigenvalue weighted by molar-refractivity contribution is -0.161. The standard InChI is InChI=1S/C62H120O17P2/c1-7-9-11-13-15-17-18-19-20-22-26-34-40-46-61(66)78-57(50-73-60(65)45-39-33-27-23-24-30-36-42-54(3)4)52-76-80(68,69)74-48-56(63)49-75-81(70,71)77-53-58(79-62(67)47-41-35-29-28-31-37-43-55(5)6)51-72-59(64)44-38-32-25-21-16-14-12-10-8-2/h54-58,63H,7-53H2,1-6H3,(H,68,69)(H,70,71)/t56-,57-,58-/m1/s1. The number of ether oxygens (including phenoxy) is 4. The molecule has 0 radical (unpaired) electrons. The molecule has 0 aliphatic rings. The number of hydrogen-bond acceptors (Lipinski definition) is 15. The quantitative estimate of drug-likeness (QED) is 0.0222. The Kier molecular flexibility index (Phi) is 53.4. The summed E-state index contributed by atoms with van der Waals surface area (Å²) in [6.45, 7) is 9.32. The Balaban J connectivity index is 5.23. The van der Waals surface area contributed by atoms with Crippen LogP contribution >= 0.6 is 15.6 Å². The molecule has 19 heteroatoms. The lowest BCUT2D eigenvalue weighted by atomic mass is 10.0. The van der Waals surface area contributed by atoms with Crippen LogP contribution in [0, 0.1) is 11.8 Å². The number of aliphatic hydroxyl groups excluding tert-OH is 1. The van der Waals surface area contributed by atoms with Crippen LogP contribution < -0.4 is 0 Å². The molecule has 0 saturated heterocycles. The van der Waals surface area contributed by atoms with Crippen LogP contribution in [-0.2, 0) is 65.4 Å². The average molecular weight is 1200 g/mol. The average Bonchev–Trinajstić information content (AvgIpc) is 3.42. The Morgan fingerprint density at radius 3 is 0.840 bits per heavy atom. The van der Waals surface area contributed by atoms with E-state index in [1.165, 1.54) is 116 Å². The normalized spacial score (nSPS) is 14.4. The molecule has 5 atom stereocenters. The summed E-state index contributed by atoms with van der Waals surface area (Å²) >= 11 is 0. The molecule has 0 aromatic rings. The maximum absolute atomic E-state index is 12.9. The monoisotopic (exact) mass is 1200 g/mol. The number of esters is 4. The number of hydrogen-bond donors (Lipinski definition) is 3. The predicted molar refractivity (Wildman–Crippen MR) is 321 cm³/mol. The highest BCUT2D eigenvalue weighted by Crippen LogP contribution is 2.45. The molecule has 3 N–H and O–H groups in total. The second-order valence-corrected chi connectivity index (χ2v) is 26.3. The number of rotatable bonds is 61. The van der Waals surface area contributed by atoms with Crippen LogP contribution in [0.2, 0.25) is 0 Å². The maximum atomic E-state index is 12.9. The van der Waals surface area contributed by atoms with E-state index in [0.717, 1.165) is 96.3 Å². The number of aliphatic hydroxyl groups is 1. The first-order chi connectivity index (χ1) is 38.9. The zero-order valence-electron chi connectivity index (χ0n) is 52.1. The lowest BCUT2D eigenvalue weighted by Gasteiger charge is -2.21. The van der Waals surface area contributed by atoms with Gasteiger partial charge in [0, 0.05) is 25.7 Å². The number of phosphoric acid groups is 2. The number of phosphoric ester groups is 2. The SMILES string of the molecule is CCCCCCCCCCCCCCCC(=O)O[C@H](COC(=O)CCCCCCCCCC(C)C)COP(=O)(O)OC[C@@H](O)COP(=O)(O)OC[C@@H](COC(=O)CCCCCCCCCCC)OC(=O)CCCCCCCCC(C)C. The molecule has 0 spiro atoms. The van der Waals surface area contributed by atoms with Gasteiger partial charge in [0.15, 0.2) is 12.2 Å². The van der Waals surface area contributed by atoms with Gasteiger partial charge in [0.1, 0.15) is 19.3 Å². The molecular formula is C62H120O17P2. The van der Waals surface area contributed by atoms with Gasteiger partial charge in [-0.15, -0.1) is 0 Å². The van der Waals surface area contributed by atoms with Crippen LogP contribution in [-0.4, -0.2) is 96.7 Å². The second kappa shape index (κ2) is 54.7. The van der Waals surface area contributed by atoms with Gasteiger partial charge in [0.25, 0.3) is 0 Å². The Hall–Kier alpha value is -1.94. The topological polar surface area (TPSA) is 237 Å². The number of carbonyl (C=O) groups excluding carboxylic acids is 4. The molecule has 0 aromatic carbocycles. The second-order valence-electron chi connectivity index (χ2n) is 23.4. The van der Waals surface area contributed by atoms with Gasteiger partial charge < -0.3 is 33.8 Å². The third-order valence-corrected chi connectivity index (χ3v) is 16.1. The van der Waals surface area contributed by atoms with Crippen molar-refractivity contribution in [3.8, 4) is 0 Å². The van der Waals surface area contributed by atoms with E-state index in [9.17, 15) is 43.2 Å². The van der Waals surface area contributed by atoms with E-state index < -0.39 is 97.5 Å². The highest BCUT2D eigenvalue weighted by atomic mass is 31.2. The summed E-state index contributed by atoms with van der Waals surface area (Å²) in [6, 6.07) is 0. The summed E-state index contributed by atoms with van der Waals surface area (Å²) in [5.74, 6) is -0.767. The van der Waals surface area contributed by atoms with Crippen LogP contribution in [0.4, 0.5) is 0 Å². The van der Waals surface area contributed by atoms with Crippen molar-refractivity contribution < 1.29 is 80.2 Å². The molecule has 0 heterocycles. The molecule has 17 nitrogen and oxygen atoms in total. The van der Waals surface area contributed by atoms with Crippen LogP contribution in [0.25, 0.3) is 0 Å². The minimum Gasteiger partial charge on any atom is -0.462 e. The highest BCUT2D eigenvalue weighted by molar-refractivity contribution is 7.47. The fourth-order valence-electron chi connectivity index (χ4n) is 9.18. The first-order valence-electron chi connectivity index (χ1n) is 32.5. The summed E-state index contributed by atoms with van der Waals surface area (Å²) in [5.41, 5.74) is 0. The van der Waals surface area contributed by atoms with Crippen LogP contribution in [0.15, 0.2) is 0 Å². The zero-order valence-corrected chi connectivity index (χ0v) is 53.9. The van der Waals surface area contributed by atoms with Crippen molar-refractivity contribution in [1.29, 1.82) is 0 Å². The molecule has 0 aliphatic heterocycles. The number of carbonyl (C=O) groups is 4. The molecule has 2 unspecified atom stereocenters. The van der Waals surface area contributed by atoms with E-state index in [1.54, 1.807) is 0 Å². The van der Waals surface area contributed by atoms with Crippen molar-refractivity contribution in [3.05, 3.63) is 0 Å². The van der Waals surface area contributed by atoms with Crippen molar-refractivity contribution >= 4 is 39.5 Å². The largest absolute Gasteiger partial charge is 0.472 e. The van der Waals surface area contributed by atoms with Crippen molar-refractivity contribution in [3.63, 3.8) is 0 Å². The third-order valence-electron chi connectivity index (χ3n) is 14.2. The fourth-order valence-corrected chi connectivity index (χ4v) is 10.8. The summed E-state index contributed by atoms with van der Waals surface area (Å²) in [5, 5.41) is 10.5. The first-order valence-corrected chi connectivity index (χ1v) is 35.5. The van der Waals surface area contributed by atoms with Crippen LogP contribution in [0.1, 0.15) is 305 Å². The maximum Gasteiger partial charge on any atom is 0.472 e. The molecule has 0 amide bonds. The van der Waals surface area contributed by atoms with Gasteiger partial charge in [-0.05, 0) is 37.5 Å². The van der Waals surface area contributed by atoms with Gasteiger partial charge >= 0.3 is 39.5 Å². The smallest absolute Gasteiger partial charge is 0.462 e. The molecule has 81 heavy (non-hydrogen) atoms. The highest BCUT2D eigenvalue weighted by Gasteiger charge is 2.30. The van der Waals surface area contributed by atoms with E-state index in [2.05, 4.69) is 41.5 Å². The van der Waals surface area contributed by atoms with Gasteiger partial charge in [-0.1, -0.05) is 253 Å². The Labute approximate surface area is 492 Å². The Morgan fingerprint density at radius 1 is 0.333 bits per heavy atom. The Morgan fingerprint density at radius 2 is 0.568 bits per heavy atom. The molecule has 480 valence electrons. The van der Waals surface area contributed by atoms with E-state index in [-0.39, 0.29) is 25.7 Å². The molecule has 0 rings (SSSR count). The van der Waals surface area contributed by atoms with Crippen LogP contribution in [0.5, 0.6) is 0 Å². The predicted octanol–water partition coefficient (Wildman–Crippen LogP) is 16.9. The summed E-state index contributed by atoms with van der Waals surface area (Å²) in [4.78, 5) is 72.0. The summed E-state index contributed by atoms with van der Waals surface area (Å²) in [7, 11) is -9.88. The van der Waals surface area contributed by atoms with Crippen LogP contribution in [0.3, 0.4) is 0 Å². The number of unbranched alkanes of at least 4 members (excludes halogenated alkanes) is 31. The van der Waals surface area contributed by atoms with Gasteiger partial charge in [0.05, 0.1) is 26.4 Å². The van der Waals surface area contributed by atoms with E-state index >= 15 is 0 Å². The summed E-state index contributed by atoms with van der Waals surface area (Å²) < 4.78 is 67.8. The van der Waals surface area contributed by atoms with Crippen molar-refractivity contribution in [2.24, 2.45) is 11.8 Å². The van der Waals surface area contributed by atoms with Gasteiger partial charge in [-0.25, -0.2) is 9.13 Å². The van der Waals surface area contributed by atoms with E-state index in [0.29, 0.717) is 37.5 Å². The van der Waals surface area contributed by atoms with Gasteiger partial charge in [-0.2, -0.15) is 0 Å². The van der Waals surface area contributed by atoms with Crippen molar-refractivity contribution in [2.75, 3.05) is 39.6 Å². The molecular weight excluding hydrogens is 1080 g/mol. The van der Waals surface area contributed by atoms with Crippen molar-refractivity contribution in [1.82, 2.24) is 0 Å². The fraction of sp³-hybridized carbons (Fsp3) is 0.935. The molecule has 0 saturated carbocycles. The van der Waals surface area contributed by atoms with Crippen molar-refractivity contribution in [2.45, 2.75) is 323 Å². The molecule has 0 fully saturated rings. The summed E-state index contributed by atoms with van der Waals surface area (Å²) in [6.07, 6.45) is 36.4. The lowest BCUT2D eigenvalue weighted by Crippen LogP contribution is -2.30. The molecule has 0 bridgehead atoms. The zero-order chi connectivity index (χ0) is 60.1. The van der Waals surface area contributed by atoms with E-state index in [4.69, 9.17) is 37.0 Å². The molecule has 0 aromatic heterocycles.